The molecule has 26 heavy (non-hydrogen) atoms. The van der Waals surface area contributed by atoms with Gasteiger partial charge in [-0.15, -0.1) is 0 Å². The Balaban J connectivity index is 1.50. The zero-order valence-electron chi connectivity index (χ0n) is 14.5. The standard InChI is InChI=1S/C20H18N4O2/c1-14-9-16-12-22-13-18(19(16)26-14)20(25)24-7-5-23(6-8-24)17-4-2-3-15(10-17)11-21/h2-4,9-10,12-13H,5-8H2,1H3. The fourth-order valence-electron chi connectivity index (χ4n) is 3.35. The van der Waals surface area contributed by atoms with E-state index in [9.17, 15) is 4.79 Å². The summed E-state index contributed by atoms with van der Waals surface area (Å²) in [7, 11) is 0. The highest BCUT2D eigenvalue weighted by Crippen LogP contribution is 2.24. The molecule has 1 aliphatic rings. The van der Waals surface area contributed by atoms with Crippen molar-refractivity contribution in [1.29, 1.82) is 5.26 Å². The molecule has 1 aliphatic heterocycles. The summed E-state index contributed by atoms with van der Waals surface area (Å²) in [6.45, 7) is 4.54. The first kappa shape index (κ1) is 16.2. The Morgan fingerprint density at radius 1 is 1.19 bits per heavy atom. The smallest absolute Gasteiger partial charge is 0.259 e. The van der Waals surface area contributed by atoms with Crippen LogP contribution >= 0.6 is 0 Å². The highest BCUT2D eigenvalue weighted by Gasteiger charge is 2.25. The highest BCUT2D eigenvalue weighted by atomic mass is 16.3. The van der Waals surface area contributed by atoms with Gasteiger partial charge in [0.1, 0.15) is 16.9 Å². The second kappa shape index (κ2) is 6.52. The van der Waals surface area contributed by atoms with Crippen LogP contribution in [0.4, 0.5) is 5.69 Å². The SMILES string of the molecule is Cc1cc2cncc(C(=O)N3CCN(c4cccc(C#N)c4)CC3)c2o1. The number of hydrogen-bond donors (Lipinski definition) is 0. The normalized spacial score (nSPS) is 14.5. The monoisotopic (exact) mass is 346 g/mol. The third-order valence-corrected chi connectivity index (χ3v) is 4.68. The predicted molar refractivity (Wildman–Crippen MR) is 98.0 cm³/mol. The number of aromatic nitrogens is 1. The van der Waals surface area contributed by atoms with Crippen LogP contribution in [0.2, 0.25) is 0 Å². The van der Waals surface area contributed by atoms with E-state index in [1.54, 1.807) is 18.5 Å². The van der Waals surface area contributed by atoms with E-state index in [0.717, 1.165) is 29.9 Å². The average Bonchev–Trinajstić information content (AvgIpc) is 3.07. The third-order valence-electron chi connectivity index (χ3n) is 4.68. The molecule has 130 valence electrons. The summed E-state index contributed by atoms with van der Waals surface area (Å²) < 4.78 is 5.70. The molecule has 2 aromatic heterocycles. The van der Waals surface area contributed by atoms with E-state index < -0.39 is 0 Å². The predicted octanol–water partition coefficient (Wildman–Crippen LogP) is 2.97. The van der Waals surface area contributed by atoms with E-state index in [1.807, 2.05) is 36.1 Å². The van der Waals surface area contributed by atoms with Crippen LogP contribution < -0.4 is 4.90 Å². The molecule has 0 aliphatic carbocycles. The van der Waals surface area contributed by atoms with Crippen molar-refractivity contribution < 1.29 is 9.21 Å². The van der Waals surface area contributed by atoms with Crippen LogP contribution in [-0.2, 0) is 0 Å². The molecular weight excluding hydrogens is 328 g/mol. The maximum Gasteiger partial charge on any atom is 0.259 e. The van der Waals surface area contributed by atoms with Gasteiger partial charge in [0, 0.05) is 49.6 Å². The number of carbonyl (C=O) groups is 1. The van der Waals surface area contributed by atoms with Gasteiger partial charge >= 0.3 is 0 Å². The number of furan rings is 1. The largest absolute Gasteiger partial charge is 0.460 e. The lowest BCUT2D eigenvalue weighted by Crippen LogP contribution is -2.48. The Morgan fingerprint density at radius 2 is 2.00 bits per heavy atom. The van der Waals surface area contributed by atoms with Crippen molar-refractivity contribution in [3.8, 4) is 6.07 Å². The van der Waals surface area contributed by atoms with Gasteiger partial charge in [-0.05, 0) is 31.2 Å². The summed E-state index contributed by atoms with van der Waals surface area (Å²) in [4.78, 5) is 21.1. The van der Waals surface area contributed by atoms with Crippen molar-refractivity contribution in [2.75, 3.05) is 31.1 Å². The summed E-state index contributed by atoms with van der Waals surface area (Å²) in [5.41, 5.74) is 2.77. The van der Waals surface area contributed by atoms with E-state index >= 15 is 0 Å². The zero-order chi connectivity index (χ0) is 18.1. The number of rotatable bonds is 2. The van der Waals surface area contributed by atoms with E-state index in [-0.39, 0.29) is 5.91 Å². The van der Waals surface area contributed by atoms with Crippen LogP contribution in [0.3, 0.4) is 0 Å². The molecule has 3 aromatic rings. The Morgan fingerprint density at radius 3 is 2.77 bits per heavy atom. The second-order valence-corrected chi connectivity index (χ2v) is 6.40. The van der Waals surface area contributed by atoms with Crippen molar-refractivity contribution in [3.63, 3.8) is 0 Å². The summed E-state index contributed by atoms with van der Waals surface area (Å²) in [5, 5.41) is 9.90. The fourth-order valence-corrected chi connectivity index (χ4v) is 3.35. The molecule has 0 bridgehead atoms. The quantitative estimate of drug-likeness (QED) is 0.713. The molecule has 6 heteroatoms. The molecule has 6 nitrogen and oxygen atoms in total. The van der Waals surface area contributed by atoms with E-state index in [4.69, 9.17) is 9.68 Å². The van der Waals surface area contributed by atoms with E-state index in [1.165, 1.54) is 0 Å². The third kappa shape index (κ3) is 2.88. The van der Waals surface area contributed by atoms with Crippen LogP contribution in [-0.4, -0.2) is 42.0 Å². The topological polar surface area (TPSA) is 73.4 Å². The maximum atomic E-state index is 12.9. The number of anilines is 1. The zero-order valence-corrected chi connectivity index (χ0v) is 14.5. The van der Waals surface area contributed by atoms with Gasteiger partial charge in [-0.3, -0.25) is 9.78 Å². The highest BCUT2D eigenvalue weighted by molar-refractivity contribution is 6.04. The Bertz CT molecular complexity index is 1010. The summed E-state index contributed by atoms with van der Waals surface area (Å²) >= 11 is 0. The van der Waals surface area contributed by atoms with Gasteiger partial charge in [-0.1, -0.05) is 6.07 Å². The number of carbonyl (C=O) groups excluding carboxylic acids is 1. The summed E-state index contributed by atoms with van der Waals surface area (Å²) in [5.74, 6) is 0.715. The molecule has 4 rings (SSSR count). The number of pyridine rings is 1. The van der Waals surface area contributed by atoms with Gasteiger partial charge in [-0.25, -0.2) is 0 Å². The number of piperazine rings is 1. The molecule has 0 radical (unpaired) electrons. The van der Waals surface area contributed by atoms with Gasteiger partial charge in [0.25, 0.3) is 5.91 Å². The fraction of sp³-hybridized carbons (Fsp3) is 0.250. The molecule has 0 spiro atoms. The maximum absolute atomic E-state index is 12.9. The molecule has 3 heterocycles. The molecule has 0 unspecified atom stereocenters. The molecule has 0 saturated carbocycles. The minimum atomic E-state index is -0.0529. The van der Waals surface area contributed by atoms with Crippen molar-refractivity contribution in [1.82, 2.24) is 9.88 Å². The number of amides is 1. The molecule has 1 saturated heterocycles. The molecule has 1 fully saturated rings. The Labute approximate surface area is 151 Å². The lowest BCUT2D eigenvalue weighted by atomic mass is 10.1. The number of benzene rings is 1. The van der Waals surface area contributed by atoms with E-state index in [2.05, 4.69) is 16.0 Å². The van der Waals surface area contributed by atoms with Crippen molar-refractivity contribution >= 4 is 22.6 Å². The van der Waals surface area contributed by atoms with Crippen LogP contribution in [0.15, 0.2) is 47.1 Å². The van der Waals surface area contributed by atoms with Crippen molar-refractivity contribution in [2.45, 2.75) is 6.92 Å². The molecule has 0 N–H and O–H groups in total. The minimum Gasteiger partial charge on any atom is -0.460 e. The van der Waals surface area contributed by atoms with Crippen LogP contribution in [0.5, 0.6) is 0 Å². The number of aryl methyl sites for hydroxylation is 1. The minimum absolute atomic E-state index is 0.0529. The van der Waals surface area contributed by atoms with Gasteiger partial charge in [-0.2, -0.15) is 5.26 Å². The summed E-state index contributed by atoms with van der Waals surface area (Å²) in [6, 6.07) is 11.6. The number of hydrogen-bond acceptors (Lipinski definition) is 5. The Hall–Kier alpha value is -3.33. The van der Waals surface area contributed by atoms with Gasteiger partial charge < -0.3 is 14.2 Å². The Kier molecular flexibility index (Phi) is 4.05. The molecule has 1 amide bonds. The first-order chi connectivity index (χ1) is 12.7. The first-order valence-electron chi connectivity index (χ1n) is 8.54. The molecule has 0 atom stereocenters. The summed E-state index contributed by atoms with van der Waals surface area (Å²) in [6.07, 6.45) is 3.29. The number of fused-ring (bicyclic) bond motifs is 1. The lowest BCUT2D eigenvalue weighted by Gasteiger charge is -2.36. The van der Waals surface area contributed by atoms with Crippen molar-refractivity contribution in [2.24, 2.45) is 0 Å². The van der Waals surface area contributed by atoms with Crippen LogP contribution in [0.1, 0.15) is 21.7 Å². The molecule has 1 aromatic carbocycles. The second-order valence-electron chi connectivity index (χ2n) is 6.40. The number of nitrogens with zero attached hydrogens (tertiary/aromatic N) is 4. The number of nitriles is 1. The van der Waals surface area contributed by atoms with E-state index in [0.29, 0.717) is 29.8 Å². The van der Waals surface area contributed by atoms with Gasteiger partial charge in [0.2, 0.25) is 0 Å². The van der Waals surface area contributed by atoms with Crippen LogP contribution in [0, 0.1) is 18.3 Å². The van der Waals surface area contributed by atoms with Gasteiger partial charge in [0.15, 0.2) is 0 Å². The average molecular weight is 346 g/mol. The van der Waals surface area contributed by atoms with Crippen LogP contribution in [0.25, 0.3) is 11.0 Å². The molecular formula is C20H18N4O2. The van der Waals surface area contributed by atoms with Crippen molar-refractivity contribution in [3.05, 3.63) is 59.6 Å². The lowest BCUT2D eigenvalue weighted by molar-refractivity contribution is 0.0747. The first-order valence-corrected chi connectivity index (χ1v) is 8.54. The van der Waals surface area contributed by atoms with Gasteiger partial charge in [0.05, 0.1) is 11.6 Å².